The van der Waals surface area contributed by atoms with Gasteiger partial charge in [0, 0.05) is 29.9 Å². The first kappa shape index (κ1) is 17.6. The van der Waals surface area contributed by atoms with Crippen molar-refractivity contribution in [1.82, 2.24) is 0 Å². The second-order valence-electron chi connectivity index (χ2n) is 5.66. The van der Waals surface area contributed by atoms with Crippen molar-refractivity contribution in [2.45, 2.75) is 6.92 Å². The first-order chi connectivity index (χ1) is 12.5. The number of hydrogen-bond donors (Lipinski definition) is 1. The van der Waals surface area contributed by atoms with Gasteiger partial charge in [-0.3, -0.25) is 9.59 Å². The molecule has 7 heteroatoms. The summed E-state index contributed by atoms with van der Waals surface area (Å²) < 4.78 is 15.9. The highest BCUT2D eigenvalue weighted by Crippen LogP contribution is 2.34. The Hall–Kier alpha value is -3.22. The number of nitrogens with zero attached hydrogens (tertiary/aromatic N) is 1. The first-order valence-corrected chi connectivity index (χ1v) is 8.17. The molecule has 0 atom stereocenters. The molecule has 0 aromatic heterocycles. The van der Waals surface area contributed by atoms with E-state index in [1.807, 2.05) is 6.92 Å². The topological polar surface area (TPSA) is 77.1 Å². The van der Waals surface area contributed by atoms with Crippen LogP contribution in [-0.4, -0.2) is 39.2 Å². The van der Waals surface area contributed by atoms with Crippen molar-refractivity contribution in [3.63, 3.8) is 0 Å². The number of methoxy groups -OCH3 is 2. The zero-order valence-corrected chi connectivity index (χ0v) is 14.9. The van der Waals surface area contributed by atoms with Crippen molar-refractivity contribution in [2.75, 3.05) is 37.6 Å². The minimum Gasteiger partial charge on any atom is -0.497 e. The van der Waals surface area contributed by atoms with E-state index in [9.17, 15) is 9.59 Å². The third-order valence-corrected chi connectivity index (χ3v) is 4.09. The maximum absolute atomic E-state index is 12.6. The van der Waals surface area contributed by atoms with Crippen molar-refractivity contribution in [1.29, 1.82) is 0 Å². The molecule has 1 aliphatic rings. The summed E-state index contributed by atoms with van der Waals surface area (Å²) in [7, 11) is 3.05. The van der Waals surface area contributed by atoms with Crippen LogP contribution in [0.15, 0.2) is 36.4 Å². The summed E-state index contributed by atoms with van der Waals surface area (Å²) in [6.07, 6.45) is 0. The van der Waals surface area contributed by atoms with Crippen molar-refractivity contribution in [3.8, 4) is 17.2 Å². The summed E-state index contributed by atoms with van der Waals surface area (Å²) >= 11 is 0. The Morgan fingerprint density at radius 1 is 1.15 bits per heavy atom. The Labute approximate surface area is 151 Å². The average Bonchev–Trinajstić information content (AvgIpc) is 2.67. The fourth-order valence-corrected chi connectivity index (χ4v) is 2.77. The van der Waals surface area contributed by atoms with Gasteiger partial charge < -0.3 is 24.4 Å². The van der Waals surface area contributed by atoms with Crippen LogP contribution in [-0.2, 0) is 4.79 Å². The van der Waals surface area contributed by atoms with Gasteiger partial charge >= 0.3 is 0 Å². The van der Waals surface area contributed by atoms with Crippen molar-refractivity contribution >= 4 is 23.2 Å². The molecule has 0 saturated heterocycles. The van der Waals surface area contributed by atoms with Crippen LogP contribution in [0, 0.1) is 0 Å². The second kappa shape index (κ2) is 7.35. The molecule has 2 aromatic rings. The molecule has 0 aliphatic carbocycles. The van der Waals surface area contributed by atoms with Gasteiger partial charge in [-0.2, -0.15) is 0 Å². The lowest BCUT2D eigenvalue weighted by Crippen LogP contribution is -2.38. The van der Waals surface area contributed by atoms with Gasteiger partial charge in [-0.15, -0.1) is 0 Å². The highest BCUT2D eigenvalue weighted by atomic mass is 16.5. The molecule has 0 radical (unpaired) electrons. The Balaban J connectivity index is 1.83. The van der Waals surface area contributed by atoms with Gasteiger partial charge in [0.2, 0.25) is 0 Å². The molecule has 1 N–H and O–H groups in total. The highest BCUT2D eigenvalue weighted by Gasteiger charge is 2.24. The molecule has 2 amide bonds. The van der Waals surface area contributed by atoms with E-state index in [1.54, 1.807) is 41.3 Å². The van der Waals surface area contributed by atoms with Gasteiger partial charge in [0.05, 0.1) is 19.9 Å². The lowest BCUT2D eigenvalue weighted by Gasteiger charge is -2.28. The Kier molecular flexibility index (Phi) is 4.97. The zero-order valence-electron chi connectivity index (χ0n) is 14.9. The molecule has 136 valence electrons. The number of ether oxygens (including phenoxy) is 3. The molecule has 1 heterocycles. The van der Waals surface area contributed by atoms with E-state index in [-0.39, 0.29) is 18.4 Å². The number of carbonyl (C=O) groups excluding carboxylic acids is 2. The van der Waals surface area contributed by atoms with Crippen LogP contribution in [0.2, 0.25) is 0 Å². The zero-order chi connectivity index (χ0) is 18.7. The van der Waals surface area contributed by atoms with E-state index < -0.39 is 0 Å². The van der Waals surface area contributed by atoms with Crippen LogP contribution in [0.1, 0.15) is 17.3 Å². The van der Waals surface area contributed by atoms with Gasteiger partial charge in [0.1, 0.15) is 17.2 Å². The number of likely N-dealkylation sites (N-methyl/N-ethyl adjacent to an activating group) is 1. The molecule has 3 rings (SSSR count). The number of rotatable bonds is 5. The Bertz CT molecular complexity index is 828. The van der Waals surface area contributed by atoms with E-state index in [0.29, 0.717) is 40.7 Å². The smallest absolute Gasteiger partial charge is 0.265 e. The van der Waals surface area contributed by atoms with Gasteiger partial charge in [0.15, 0.2) is 6.61 Å². The quantitative estimate of drug-likeness (QED) is 0.891. The minimum atomic E-state index is -0.304. The summed E-state index contributed by atoms with van der Waals surface area (Å²) in [6.45, 7) is 2.45. The van der Waals surface area contributed by atoms with Crippen LogP contribution in [0.5, 0.6) is 17.2 Å². The van der Waals surface area contributed by atoms with E-state index in [4.69, 9.17) is 14.2 Å². The van der Waals surface area contributed by atoms with Crippen LogP contribution >= 0.6 is 0 Å². The minimum absolute atomic E-state index is 0.00861. The third-order valence-electron chi connectivity index (χ3n) is 4.09. The van der Waals surface area contributed by atoms with E-state index >= 15 is 0 Å². The Morgan fingerprint density at radius 3 is 2.46 bits per heavy atom. The number of anilines is 2. The standard InChI is InChI=1S/C19H20N2O5/c1-4-21-16-6-5-13(9-17(16)26-11-18(21)22)20-19(23)12-7-14(24-2)10-15(8-12)25-3/h5-10H,4,11H2,1-3H3,(H,20,23). The number of nitrogens with one attached hydrogen (secondary N) is 1. The molecule has 0 spiro atoms. The summed E-state index contributed by atoms with van der Waals surface area (Å²) in [5.41, 5.74) is 1.68. The molecule has 1 aliphatic heterocycles. The predicted molar refractivity (Wildman–Crippen MR) is 97.5 cm³/mol. The number of hydrogen-bond acceptors (Lipinski definition) is 5. The maximum atomic E-state index is 12.6. The first-order valence-electron chi connectivity index (χ1n) is 8.17. The van der Waals surface area contributed by atoms with Gasteiger partial charge in [-0.25, -0.2) is 0 Å². The maximum Gasteiger partial charge on any atom is 0.265 e. The SMILES string of the molecule is CCN1C(=O)COc2cc(NC(=O)c3cc(OC)cc(OC)c3)ccc21. The fourth-order valence-electron chi connectivity index (χ4n) is 2.77. The summed E-state index contributed by atoms with van der Waals surface area (Å²) in [6, 6.07) is 10.2. The largest absolute Gasteiger partial charge is 0.497 e. The number of fused-ring (bicyclic) bond motifs is 1. The number of benzene rings is 2. The molecule has 0 bridgehead atoms. The van der Waals surface area contributed by atoms with Gasteiger partial charge in [-0.1, -0.05) is 0 Å². The molecule has 0 unspecified atom stereocenters. The fraction of sp³-hybridized carbons (Fsp3) is 0.263. The van der Waals surface area contributed by atoms with Crippen molar-refractivity contribution < 1.29 is 23.8 Å². The Morgan fingerprint density at radius 2 is 1.85 bits per heavy atom. The summed E-state index contributed by atoms with van der Waals surface area (Å²) in [5, 5.41) is 2.82. The lowest BCUT2D eigenvalue weighted by atomic mass is 10.1. The molecular formula is C19H20N2O5. The van der Waals surface area contributed by atoms with Crippen LogP contribution in [0.25, 0.3) is 0 Å². The van der Waals surface area contributed by atoms with Crippen LogP contribution in [0.3, 0.4) is 0 Å². The molecule has 0 fully saturated rings. The molecule has 26 heavy (non-hydrogen) atoms. The molecular weight excluding hydrogens is 336 g/mol. The number of amides is 2. The van der Waals surface area contributed by atoms with Crippen LogP contribution < -0.4 is 24.4 Å². The predicted octanol–water partition coefficient (Wildman–Crippen LogP) is 2.70. The second-order valence-corrected chi connectivity index (χ2v) is 5.66. The van der Waals surface area contributed by atoms with Gasteiger partial charge in [-0.05, 0) is 31.2 Å². The molecule has 2 aromatic carbocycles. The number of carbonyl (C=O) groups is 2. The molecule has 7 nitrogen and oxygen atoms in total. The average molecular weight is 356 g/mol. The normalized spacial score (nSPS) is 12.9. The van der Waals surface area contributed by atoms with Crippen molar-refractivity contribution in [3.05, 3.63) is 42.0 Å². The van der Waals surface area contributed by atoms with Crippen molar-refractivity contribution in [2.24, 2.45) is 0 Å². The monoisotopic (exact) mass is 356 g/mol. The van der Waals surface area contributed by atoms with E-state index in [0.717, 1.165) is 0 Å². The summed E-state index contributed by atoms with van der Waals surface area (Å²) in [5.74, 6) is 1.23. The van der Waals surface area contributed by atoms with E-state index in [1.165, 1.54) is 14.2 Å². The van der Waals surface area contributed by atoms with E-state index in [2.05, 4.69) is 5.32 Å². The molecule has 0 saturated carbocycles. The highest BCUT2D eigenvalue weighted by molar-refractivity contribution is 6.05. The third kappa shape index (κ3) is 3.42. The van der Waals surface area contributed by atoms with Gasteiger partial charge in [0.25, 0.3) is 11.8 Å². The lowest BCUT2D eigenvalue weighted by molar-refractivity contribution is -0.121. The van der Waals surface area contributed by atoms with Crippen LogP contribution in [0.4, 0.5) is 11.4 Å². The summed E-state index contributed by atoms with van der Waals surface area (Å²) in [4.78, 5) is 26.1.